The normalized spacial score (nSPS) is 21.1. The van der Waals surface area contributed by atoms with E-state index in [0.717, 1.165) is 19.3 Å². The Labute approximate surface area is 153 Å². The predicted molar refractivity (Wildman–Crippen MR) is 97.3 cm³/mol. The number of Topliss-reactive ketones (excluding diaryl/α,β-unsaturated/α-hetero) is 1. The predicted octanol–water partition coefficient (Wildman–Crippen LogP) is 4.32. The maximum absolute atomic E-state index is 12.4. The lowest BCUT2D eigenvalue weighted by Crippen LogP contribution is -2.58. The largest absolute Gasteiger partial charge is 0.465 e. The van der Waals surface area contributed by atoms with Crippen LogP contribution in [0.3, 0.4) is 0 Å². The number of hydrogen-bond acceptors (Lipinski definition) is 4. The van der Waals surface area contributed by atoms with Crippen LogP contribution in [0.25, 0.3) is 0 Å². The molecule has 0 aromatic heterocycles. The Morgan fingerprint density at radius 1 is 1.12 bits per heavy atom. The van der Waals surface area contributed by atoms with Gasteiger partial charge in [0.2, 0.25) is 0 Å². The monoisotopic (exact) mass is 354 g/mol. The highest BCUT2D eigenvalue weighted by Gasteiger charge is 2.46. The minimum Gasteiger partial charge on any atom is -0.465 e. The number of carbonyl (C=O) groups is 2. The summed E-state index contributed by atoms with van der Waals surface area (Å²) in [5.74, 6) is 0.236. The number of hydroxylamine groups is 2. The van der Waals surface area contributed by atoms with E-state index in [2.05, 4.69) is 0 Å². The molecule has 1 aliphatic rings. The Balaban J connectivity index is 2.39. The van der Waals surface area contributed by atoms with Crippen LogP contribution in [0.4, 0.5) is 0 Å². The highest BCUT2D eigenvalue weighted by atomic mass is 16.5. The highest BCUT2D eigenvalue weighted by Crippen LogP contribution is 2.41. The summed E-state index contributed by atoms with van der Waals surface area (Å²) in [6.07, 6.45) is 3.72. The van der Waals surface area contributed by atoms with Gasteiger partial charge in [0.15, 0.2) is 0 Å². The van der Waals surface area contributed by atoms with Gasteiger partial charge in [-0.2, -0.15) is 0 Å². The first-order chi connectivity index (χ1) is 11.3. The van der Waals surface area contributed by atoms with Gasteiger partial charge in [-0.3, -0.25) is 9.59 Å². The van der Waals surface area contributed by atoms with Gasteiger partial charge in [-0.15, -0.1) is 10.3 Å². The van der Waals surface area contributed by atoms with Gasteiger partial charge in [0.25, 0.3) is 0 Å². The third kappa shape index (κ3) is 6.07. The maximum atomic E-state index is 12.4. The zero-order chi connectivity index (χ0) is 19.5. The van der Waals surface area contributed by atoms with E-state index in [1.165, 1.54) is 5.06 Å². The van der Waals surface area contributed by atoms with Gasteiger partial charge in [-0.1, -0.05) is 6.92 Å². The number of hydrogen-bond donors (Lipinski definition) is 0. The fourth-order valence-corrected chi connectivity index (χ4v) is 3.81. The van der Waals surface area contributed by atoms with Crippen LogP contribution in [-0.4, -0.2) is 34.5 Å². The molecule has 0 amide bonds. The lowest BCUT2D eigenvalue weighted by molar-refractivity contribution is -0.294. The number of rotatable bonds is 8. The number of ketones is 1. The molecule has 0 saturated carbocycles. The van der Waals surface area contributed by atoms with Gasteiger partial charge in [-0.25, -0.2) is 0 Å². The van der Waals surface area contributed by atoms with Gasteiger partial charge in [0.1, 0.15) is 5.78 Å². The van der Waals surface area contributed by atoms with Gasteiger partial charge >= 0.3 is 5.97 Å². The highest BCUT2D eigenvalue weighted by molar-refractivity contribution is 5.79. The van der Waals surface area contributed by atoms with Crippen molar-refractivity contribution in [3.63, 3.8) is 0 Å². The summed E-state index contributed by atoms with van der Waals surface area (Å²) in [6.45, 7) is 13.8. The summed E-state index contributed by atoms with van der Waals surface area (Å²) in [7, 11) is 0. The average molecular weight is 355 g/mol. The Kier molecular flexibility index (Phi) is 7.22. The van der Waals surface area contributed by atoms with Crippen LogP contribution in [-0.2, 0) is 19.5 Å². The molecule has 5 nitrogen and oxygen atoms in total. The van der Waals surface area contributed by atoms with Gasteiger partial charge in [-0.05, 0) is 73.1 Å². The smallest absolute Gasteiger partial charge is 0.311 e. The molecule has 1 aliphatic heterocycles. The second-order valence-corrected chi connectivity index (χ2v) is 9.41. The van der Waals surface area contributed by atoms with Crippen molar-refractivity contribution in [3.8, 4) is 0 Å². The van der Waals surface area contributed by atoms with E-state index in [4.69, 9.17) is 4.74 Å². The molecule has 25 heavy (non-hydrogen) atoms. The van der Waals surface area contributed by atoms with Crippen molar-refractivity contribution in [1.29, 1.82) is 0 Å². The molecule has 1 fully saturated rings. The minimum atomic E-state index is -0.465. The molecular weight excluding hydrogens is 318 g/mol. The third-order valence-electron chi connectivity index (χ3n) is 5.46. The molecule has 5 heteroatoms. The Morgan fingerprint density at radius 3 is 2.12 bits per heavy atom. The lowest BCUT2D eigenvalue weighted by Gasteiger charge is -2.50. The summed E-state index contributed by atoms with van der Waals surface area (Å²) in [6, 6.07) is 0. The second kappa shape index (κ2) is 8.17. The summed E-state index contributed by atoms with van der Waals surface area (Å²) in [4.78, 5) is 24.2. The molecule has 1 heterocycles. The standard InChI is InChI=1S/C20H36NO4/c1-8-18(2,3)17(23)25-11-9-10-16(22)12-15-13-19(4,5)21(24)20(6,7)14-15/h15H,8-14H2,1-7H3. The lowest BCUT2D eigenvalue weighted by atomic mass is 9.73. The van der Waals surface area contributed by atoms with Crippen LogP contribution in [0.2, 0.25) is 0 Å². The van der Waals surface area contributed by atoms with E-state index < -0.39 is 16.5 Å². The van der Waals surface area contributed by atoms with E-state index in [1.807, 2.05) is 48.5 Å². The van der Waals surface area contributed by atoms with Crippen LogP contribution in [0.1, 0.15) is 87.0 Å². The first-order valence-corrected chi connectivity index (χ1v) is 9.48. The molecule has 1 radical (unpaired) electrons. The molecular formula is C20H36NO4. The van der Waals surface area contributed by atoms with E-state index in [0.29, 0.717) is 25.9 Å². The molecule has 1 saturated heterocycles. The molecule has 0 N–H and O–H groups in total. The average Bonchev–Trinajstić information content (AvgIpc) is 2.48. The Hall–Kier alpha value is -0.940. The van der Waals surface area contributed by atoms with Crippen LogP contribution < -0.4 is 0 Å². The second-order valence-electron chi connectivity index (χ2n) is 9.41. The quantitative estimate of drug-likeness (QED) is 0.481. The molecule has 145 valence electrons. The van der Waals surface area contributed by atoms with E-state index in [1.54, 1.807) is 0 Å². The van der Waals surface area contributed by atoms with Crippen molar-refractivity contribution in [2.45, 2.75) is 98.1 Å². The number of esters is 1. The van der Waals surface area contributed by atoms with Crippen molar-refractivity contribution in [2.24, 2.45) is 11.3 Å². The fourth-order valence-electron chi connectivity index (χ4n) is 3.81. The topological polar surface area (TPSA) is 66.5 Å². The fraction of sp³-hybridized carbons (Fsp3) is 0.900. The third-order valence-corrected chi connectivity index (χ3v) is 5.46. The molecule has 0 unspecified atom stereocenters. The number of nitrogens with zero attached hydrogens (tertiary/aromatic N) is 1. The summed E-state index contributed by atoms with van der Waals surface area (Å²) >= 11 is 0. The molecule has 0 bridgehead atoms. The summed E-state index contributed by atoms with van der Waals surface area (Å²) < 4.78 is 5.28. The van der Waals surface area contributed by atoms with Crippen molar-refractivity contribution in [3.05, 3.63) is 0 Å². The number of ether oxygens (including phenoxy) is 1. The maximum Gasteiger partial charge on any atom is 0.311 e. The molecule has 0 spiro atoms. The van der Waals surface area contributed by atoms with Gasteiger partial charge in [0.05, 0.1) is 12.0 Å². The van der Waals surface area contributed by atoms with Crippen molar-refractivity contribution in [1.82, 2.24) is 5.06 Å². The summed E-state index contributed by atoms with van der Waals surface area (Å²) in [5, 5.41) is 13.6. The SMILES string of the molecule is CCC(C)(C)C(=O)OCCCC(=O)CC1CC(C)(C)N([O])C(C)(C)C1. The minimum absolute atomic E-state index is 0.196. The van der Waals surface area contributed by atoms with E-state index in [-0.39, 0.29) is 17.7 Å². The van der Waals surface area contributed by atoms with Gasteiger partial charge in [0, 0.05) is 23.9 Å². The first-order valence-electron chi connectivity index (χ1n) is 9.48. The van der Waals surface area contributed by atoms with Crippen molar-refractivity contribution >= 4 is 11.8 Å². The van der Waals surface area contributed by atoms with Crippen molar-refractivity contribution < 1.29 is 19.5 Å². The number of carbonyl (C=O) groups excluding carboxylic acids is 2. The van der Waals surface area contributed by atoms with Crippen LogP contribution in [0.15, 0.2) is 0 Å². The van der Waals surface area contributed by atoms with E-state index >= 15 is 0 Å². The van der Waals surface area contributed by atoms with Crippen molar-refractivity contribution in [2.75, 3.05) is 6.61 Å². The molecule has 0 aromatic rings. The van der Waals surface area contributed by atoms with Crippen LogP contribution >= 0.6 is 0 Å². The zero-order valence-corrected chi connectivity index (χ0v) is 17.1. The molecule has 0 atom stereocenters. The molecule has 0 aromatic carbocycles. The Morgan fingerprint density at radius 2 is 1.64 bits per heavy atom. The first kappa shape index (κ1) is 22.1. The summed E-state index contributed by atoms with van der Waals surface area (Å²) in [5.41, 5.74) is -1.34. The van der Waals surface area contributed by atoms with Crippen LogP contribution in [0, 0.1) is 11.3 Å². The molecule has 1 rings (SSSR count). The molecule has 0 aliphatic carbocycles. The number of piperidine rings is 1. The Bertz CT molecular complexity index is 464. The van der Waals surface area contributed by atoms with Gasteiger partial charge < -0.3 is 4.74 Å². The van der Waals surface area contributed by atoms with Crippen LogP contribution in [0.5, 0.6) is 0 Å². The van der Waals surface area contributed by atoms with E-state index in [9.17, 15) is 14.8 Å². The zero-order valence-electron chi connectivity index (χ0n) is 17.1.